The molecule has 0 aromatic carbocycles. The number of fused-ring (bicyclic) bond motifs is 1. The van der Waals surface area contributed by atoms with Crippen LogP contribution < -0.4 is 0 Å². The average molecular weight is 323 g/mol. The second kappa shape index (κ2) is 5.38. The summed E-state index contributed by atoms with van der Waals surface area (Å²) in [4.78, 5) is 13.5. The summed E-state index contributed by atoms with van der Waals surface area (Å²) < 4.78 is 38.2. The lowest BCUT2D eigenvalue weighted by Gasteiger charge is -2.28. The zero-order valence-corrected chi connectivity index (χ0v) is 13.3. The molecule has 2 aliphatic heterocycles. The Balaban J connectivity index is 2.17. The highest BCUT2D eigenvalue weighted by Crippen LogP contribution is 2.33. The van der Waals surface area contributed by atoms with E-state index in [0.29, 0.717) is 0 Å². The van der Waals surface area contributed by atoms with Gasteiger partial charge in [-0.25, -0.2) is 4.79 Å². The number of likely N-dealkylation sites (tertiary alicyclic amines) is 1. The number of aliphatic hydroxyl groups is 1. The van der Waals surface area contributed by atoms with Crippen LogP contribution in [0.1, 0.15) is 20.8 Å². The van der Waals surface area contributed by atoms with E-state index in [-0.39, 0.29) is 13.2 Å². The number of hydrogen-bond acceptors (Lipinski definition) is 7. The van der Waals surface area contributed by atoms with Gasteiger partial charge in [-0.15, -0.1) is 0 Å². The Morgan fingerprint density at radius 3 is 2.52 bits per heavy atom. The molecule has 122 valence electrons. The molecule has 9 heteroatoms. The average Bonchev–Trinajstić information content (AvgIpc) is 2.77. The highest BCUT2D eigenvalue weighted by atomic mass is 32.2. The Kier molecular flexibility index (Phi) is 4.22. The summed E-state index contributed by atoms with van der Waals surface area (Å²) in [6, 6.07) is -0.661. The highest BCUT2D eigenvalue weighted by molar-refractivity contribution is 7.86. The molecule has 1 N–H and O–H groups in total. The van der Waals surface area contributed by atoms with E-state index < -0.39 is 46.2 Å². The van der Waals surface area contributed by atoms with Gasteiger partial charge in [0, 0.05) is 0 Å². The summed E-state index contributed by atoms with van der Waals surface area (Å²) in [6.45, 7) is 5.20. The van der Waals surface area contributed by atoms with Crippen LogP contribution in [-0.2, 0) is 23.8 Å². The van der Waals surface area contributed by atoms with Crippen LogP contribution in [0.4, 0.5) is 4.79 Å². The van der Waals surface area contributed by atoms with Gasteiger partial charge < -0.3 is 14.6 Å². The number of aliphatic hydroxyl groups excluding tert-OH is 1. The van der Waals surface area contributed by atoms with Crippen LogP contribution in [-0.4, -0.2) is 73.9 Å². The number of nitrogens with zero attached hydrogens (tertiary/aromatic N) is 1. The Morgan fingerprint density at radius 2 is 2.00 bits per heavy atom. The van der Waals surface area contributed by atoms with Crippen molar-refractivity contribution >= 4 is 16.2 Å². The maximum absolute atomic E-state index is 12.2. The standard InChI is InChI=1S/C12H21NO7S/c1-12(2,3)19-11(15)13-5-8(20-21(4,16)17)10-9(13)7(14)6-18-10/h7-10,14H,5-6H2,1-4H3. The molecule has 2 saturated heterocycles. The molecule has 0 spiro atoms. The van der Waals surface area contributed by atoms with E-state index >= 15 is 0 Å². The predicted octanol–water partition coefficient (Wildman–Crippen LogP) is -0.290. The topological polar surface area (TPSA) is 102 Å². The maximum atomic E-state index is 12.2. The van der Waals surface area contributed by atoms with E-state index in [1.807, 2.05) is 0 Å². The highest BCUT2D eigenvalue weighted by Gasteiger charge is 2.54. The van der Waals surface area contributed by atoms with Crippen molar-refractivity contribution in [3.05, 3.63) is 0 Å². The smallest absolute Gasteiger partial charge is 0.410 e. The number of ether oxygens (including phenoxy) is 2. The minimum Gasteiger partial charge on any atom is -0.444 e. The lowest BCUT2D eigenvalue weighted by molar-refractivity contribution is 0.00838. The van der Waals surface area contributed by atoms with Crippen molar-refractivity contribution in [2.24, 2.45) is 0 Å². The lowest BCUT2D eigenvalue weighted by Crippen LogP contribution is -2.46. The monoisotopic (exact) mass is 323 g/mol. The van der Waals surface area contributed by atoms with Crippen LogP contribution in [0.5, 0.6) is 0 Å². The minimum atomic E-state index is -3.69. The van der Waals surface area contributed by atoms with Crippen LogP contribution in [0.2, 0.25) is 0 Å². The van der Waals surface area contributed by atoms with E-state index in [1.165, 1.54) is 4.90 Å². The zero-order chi connectivity index (χ0) is 16.0. The third-order valence-corrected chi connectivity index (χ3v) is 3.82. The number of rotatable bonds is 2. The van der Waals surface area contributed by atoms with Crippen molar-refractivity contribution in [2.75, 3.05) is 19.4 Å². The molecule has 2 aliphatic rings. The van der Waals surface area contributed by atoms with Gasteiger partial charge in [0.25, 0.3) is 10.1 Å². The molecular weight excluding hydrogens is 302 g/mol. The Bertz CT molecular complexity index is 512. The Hall–Kier alpha value is -0.900. The largest absolute Gasteiger partial charge is 0.444 e. The number of carbonyl (C=O) groups excluding carboxylic acids is 1. The van der Waals surface area contributed by atoms with Gasteiger partial charge in [-0.3, -0.25) is 9.08 Å². The van der Waals surface area contributed by atoms with Gasteiger partial charge in [0.05, 0.1) is 25.4 Å². The van der Waals surface area contributed by atoms with Gasteiger partial charge in [0.1, 0.15) is 23.9 Å². The van der Waals surface area contributed by atoms with Gasteiger partial charge in [-0.2, -0.15) is 8.42 Å². The molecule has 0 aromatic rings. The minimum absolute atomic E-state index is 0.00558. The summed E-state index contributed by atoms with van der Waals surface area (Å²) in [7, 11) is -3.69. The summed E-state index contributed by atoms with van der Waals surface area (Å²) in [5.74, 6) is 0. The van der Waals surface area contributed by atoms with Gasteiger partial charge in [-0.1, -0.05) is 0 Å². The first-order valence-corrected chi connectivity index (χ1v) is 8.47. The number of amides is 1. The first-order chi connectivity index (χ1) is 9.48. The van der Waals surface area contributed by atoms with Crippen LogP contribution in [0.15, 0.2) is 0 Å². The molecule has 8 nitrogen and oxygen atoms in total. The molecule has 4 unspecified atom stereocenters. The van der Waals surface area contributed by atoms with E-state index in [9.17, 15) is 18.3 Å². The first-order valence-electron chi connectivity index (χ1n) is 6.65. The SMILES string of the molecule is CC(C)(C)OC(=O)N1CC(OS(C)(=O)=O)C2OCC(O)C21. The molecule has 0 radical (unpaired) electrons. The van der Waals surface area contributed by atoms with E-state index in [2.05, 4.69) is 0 Å². The van der Waals surface area contributed by atoms with Crippen molar-refractivity contribution in [3.8, 4) is 0 Å². The maximum Gasteiger partial charge on any atom is 0.410 e. The lowest BCUT2D eigenvalue weighted by atomic mass is 10.1. The first kappa shape index (κ1) is 16.5. The molecule has 1 amide bonds. The third kappa shape index (κ3) is 3.85. The van der Waals surface area contributed by atoms with E-state index in [0.717, 1.165) is 6.26 Å². The molecule has 2 rings (SSSR count). The Labute approximate surface area is 124 Å². The van der Waals surface area contributed by atoms with Gasteiger partial charge in [0.2, 0.25) is 0 Å². The molecule has 4 atom stereocenters. The zero-order valence-electron chi connectivity index (χ0n) is 12.5. The van der Waals surface area contributed by atoms with Crippen molar-refractivity contribution in [3.63, 3.8) is 0 Å². The van der Waals surface area contributed by atoms with E-state index in [4.69, 9.17) is 13.7 Å². The summed E-state index contributed by atoms with van der Waals surface area (Å²) in [6.07, 6.45) is -2.10. The van der Waals surface area contributed by atoms with Crippen LogP contribution in [0, 0.1) is 0 Å². The van der Waals surface area contributed by atoms with Gasteiger partial charge >= 0.3 is 6.09 Å². The fourth-order valence-electron chi connectivity index (χ4n) is 2.58. The normalized spacial score (nSPS) is 33.1. The van der Waals surface area contributed by atoms with Crippen molar-refractivity contribution in [2.45, 2.75) is 50.7 Å². The van der Waals surface area contributed by atoms with Crippen molar-refractivity contribution in [1.82, 2.24) is 4.90 Å². The fourth-order valence-corrected chi connectivity index (χ4v) is 3.20. The molecule has 2 heterocycles. The van der Waals surface area contributed by atoms with Crippen molar-refractivity contribution < 1.29 is 32.0 Å². The fraction of sp³-hybridized carbons (Fsp3) is 0.917. The van der Waals surface area contributed by atoms with Crippen LogP contribution >= 0.6 is 0 Å². The van der Waals surface area contributed by atoms with Gasteiger partial charge in [0.15, 0.2) is 0 Å². The summed E-state index contributed by atoms with van der Waals surface area (Å²) in [5.41, 5.74) is -0.688. The predicted molar refractivity (Wildman–Crippen MR) is 72.2 cm³/mol. The molecule has 0 saturated carbocycles. The molecule has 0 bridgehead atoms. The van der Waals surface area contributed by atoms with Gasteiger partial charge in [-0.05, 0) is 20.8 Å². The van der Waals surface area contributed by atoms with E-state index in [1.54, 1.807) is 20.8 Å². The Morgan fingerprint density at radius 1 is 1.38 bits per heavy atom. The molecule has 0 aliphatic carbocycles. The summed E-state index contributed by atoms with van der Waals surface area (Å²) >= 11 is 0. The summed E-state index contributed by atoms with van der Waals surface area (Å²) in [5, 5.41) is 9.95. The molecule has 2 fully saturated rings. The third-order valence-electron chi connectivity index (χ3n) is 3.22. The van der Waals surface area contributed by atoms with Crippen LogP contribution in [0.25, 0.3) is 0 Å². The molecule has 0 aromatic heterocycles. The second-order valence-corrected chi connectivity index (χ2v) is 7.93. The number of hydrogen-bond donors (Lipinski definition) is 1. The van der Waals surface area contributed by atoms with Crippen LogP contribution in [0.3, 0.4) is 0 Å². The van der Waals surface area contributed by atoms with Crippen molar-refractivity contribution in [1.29, 1.82) is 0 Å². The second-order valence-electron chi connectivity index (χ2n) is 6.33. The molecular formula is C12H21NO7S. The number of carbonyl (C=O) groups is 1. The quantitative estimate of drug-likeness (QED) is 0.697. The molecule has 21 heavy (non-hydrogen) atoms.